The van der Waals surface area contributed by atoms with Crippen molar-refractivity contribution >= 4 is 33.0 Å². The summed E-state index contributed by atoms with van der Waals surface area (Å²) in [5.41, 5.74) is -0.223. The summed E-state index contributed by atoms with van der Waals surface area (Å²) in [6.07, 6.45) is 3.77. The quantitative estimate of drug-likeness (QED) is 0.501. The summed E-state index contributed by atoms with van der Waals surface area (Å²) in [6.45, 7) is 1.78. The number of carbonyl (C=O) groups is 2. The van der Waals surface area contributed by atoms with Crippen molar-refractivity contribution in [2.45, 2.75) is 43.7 Å². The molecule has 8 nitrogen and oxygen atoms in total. The fourth-order valence-corrected chi connectivity index (χ4v) is 4.90. The van der Waals surface area contributed by atoms with Gasteiger partial charge >= 0.3 is 0 Å². The minimum atomic E-state index is -3.67. The van der Waals surface area contributed by atoms with Crippen molar-refractivity contribution in [3.8, 4) is 0 Å². The van der Waals surface area contributed by atoms with Crippen LogP contribution in [0.25, 0.3) is 0 Å². The minimum Gasteiger partial charge on any atom is -0.511 e. The van der Waals surface area contributed by atoms with Crippen LogP contribution in [-0.4, -0.2) is 61.5 Å². The molecule has 0 aromatic heterocycles. The molecule has 1 heterocycles. The number of aliphatic hydroxyl groups excluding tert-OH is 1. The van der Waals surface area contributed by atoms with Crippen LogP contribution < -0.4 is 0 Å². The van der Waals surface area contributed by atoms with Crippen LogP contribution in [0.3, 0.4) is 0 Å². The number of sulfone groups is 1. The van der Waals surface area contributed by atoms with E-state index in [1.165, 1.54) is 12.1 Å². The van der Waals surface area contributed by atoms with Gasteiger partial charge in [-0.3, -0.25) is 14.6 Å². The lowest BCUT2D eigenvalue weighted by molar-refractivity contribution is -0.116. The molecule has 1 aromatic carbocycles. The van der Waals surface area contributed by atoms with Crippen molar-refractivity contribution in [3.05, 3.63) is 51.6 Å². The summed E-state index contributed by atoms with van der Waals surface area (Å²) in [6, 6.07) is 2.63. The number of aliphatic hydroxyl groups is 1. The van der Waals surface area contributed by atoms with Crippen molar-refractivity contribution < 1.29 is 27.9 Å². The number of Topliss-reactive ketones (excluding diaryl/α,β-unsaturated/α-hetero) is 2. The van der Waals surface area contributed by atoms with Crippen LogP contribution in [0, 0.1) is 0 Å². The highest BCUT2D eigenvalue weighted by atomic mass is 35.5. The Hall–Kier alpha value is -2.36. The Kier molecular flexibility index (Phi) is 6.50. The molecular weight excluding hydrogens is 444 g/mol. The third-order valence-electron chi connectivity index (χ3n) is 5.59. The molecule has 3 rings (SSSR count). The summed E-state index contributed by atoms with van der Waals surface area (Å²) in [5.74, 6) is -0.925. The van der Waals surface area contributed by atoms with Crippen LogP contribution in [0.5, 0.6) is 0 Å². The second kappa shape index (κ2) is 8.64. The number of allylic oxidation sites excluding steroid dienone is 2. The van der Waals surface area contributed by atoms with Crippen LogP contribution >= 0.6 is 11.6 Å². The molecule has 2 aliphatic rings. The molecule has 0 saturated heterocycles. The first-order valence-corrected chi connectivity index (χ1v) is 12.0. The maximum absolute atomic E-state index is 13.0. The molecule has 1 unspecified atom stereocenters. The first-order valence-electron chi connectivity index (χ1n) is 9.76. The van der Waals surface area contributed by atoms with Crippen LogP contribution in [0.2, 0.25) is 5.02 Å². The highest BCUT2D eigenvalue weighted by Gasteiger charge is 2.31. The molecule has 0 bridgehead atoms. The molecule has 1 atom stereocenters. The van der Waals surface area contributed by atoms with Crippen LogP contribution in [0.4, 0.5) is 0 Å². The molecule has 0 saturated carbocycles. The van der Waals surface area contributed by atoms with Gasteiger partial charge in [0.1, 0.15) is 17.9 Å². The first-order chi connectivity index (χ1) is 14.4. The highest BCUT2D eigenvalue weighted by molar-refractivity contribution is 7.90. The number of rotatable bonds is 6. The van der Waals surface area contributed by atoms with Gasteiger partial charge < -0.3 is 9.84 Å². The van der Waals surface area contributed by atoms with E-state index in [0.29, 0.717) is 12.3 Å². The lowest BCUT2D eigenvalue weighted by atomic mass is 9.90. The number of halogens is 1. The molecule has 10 heteroatoms. The maximum Gasteiger partial charge on any atom is 0.201 e. The summed E-state index contributed by atoms with van der Waals surface area (Å²) in [7, 11) is 0.0127. The van der Waals surface area contributed by atoms with Crippen molar-refractivity contribution in [3.63, 3.8) is 0 Å². The van der Waals surface area contributed by atoms with Gasteiger partial charge in [-0.05, 0) is 31.6 Å². The van der Waals surface area contributed by atoms with Gasteiger partial charge in [-0.25, -0.2) is 13.4 Å². The third-order valence-corrected chi connectivity index (χ3v) is 7.20. The lowest BCUT2D eigenvalue weighted by Crippen LogP contribution is -2.35. The molecule has 1 aromatic rings. The van der Waals surface area contributed by atoms with E-state index in [0.717, 1.165) is 6.26 Å². The smallest absolute Gasteiger partial charge is 0.201 e. The van der Waals surface area contributed by atoms with E-state index in [-0.39, 0.29) is 57.9 Å². The van der Waals surface area contributed by atoms with E-state index >= 15 is 0 Å². The Morgan fingerprint density at radius 2 is 1.97 bits per heavy atom. The van der Waals surface area contributed by atoms with E-state index in [4.69, 9.17) is 16.3 Å². The zero-order valence-corrected chi connectivity index (χ0v) is 19.4. The van der Waals surface area contributed by atoms with Gasteiger partial charge in [0, 0.05) is 50.4 Å². The SMILES string of the molecule is CC1C=C(OCc2c(S(C)(=O)=O)ccc(C(=O)C3=C(O)CCCC3=O)c2Cl)N(C)N1C. The second-order valence-electron chi connectivity index (χ2n) is 7.73. The molecule has 0 fully saturated rings. The number of hydrazine groups is 1. The van der Waals surface area contributed by atoms with Crippen LogP contribution in [-0.2, 0) is 26.0 Å². The number of benzene rings is 1. The zero-order valence-electron chi connectivity index (χ0n) is 17.8. The third kappa shape index (κ3) is 4.49. The number of ether oxygens (including phenoxy) is 1. The highest BCUT2D eigenvalue weighted by Crippen LogP contribution is 2.33. The van der Waals surface area contributed by atoms with Gasteiger partial charge in [0.15, 0.2) is 15.6 Å². The van der Waals surface area contributed by atoms with Gasteiger partial charge in [-0.1, -0.05) is 11.6 Å². The topological polar surface area (TPSA) is 104 Å². The molecule has 0 radical (unpaired) electrons. The molecular formula is C21H25ClN2O6S. The normalized spacial score (nSPS) is 20.3. The van der Waals surface area contributed by atoms with Gasteiger partial charge in [0.25, 0.3) is 0 Å². The number of carbonyl (C=O) groups excluding carboxylic acids is 2. The fraction of sp³-hybridized carbons (Fsp3) is 0.429. The Balaban J connectivity index is 2.02. The predicted octanol–water partition coefficient (Wildman–Crippen LogP) is 3.03. The molecule has 168 valence electrons. The van der Waals surface area contributed by atoms with Crippen LogP contribution in [0.1, 0.15) is 42.1 Å². The number of ketones is 2. The average Bonchev–Trinajstić information content (AvgIpc) is 2.92. The van der Waals surface area contributed by atoms with Crippen LogP contribution in [0.15, 0.2) is 40.3 Å². The second-order valence-corrected chi connectivity index (χ2v) is 10.1. The number of likely N-dealkylation sites (N-methyl/N-ethyl adjacent to an activating group) is 1. The summed E-state index contributed by atoms with van der Waals surface area (Å²) < 4.78 is 30.5. The first kappa shape index (κ1) is 23.3. The summed E-state index contributed by atoms with van der Waals surface area (Å²) >= 11 is 6.48. The van der Waals surface area contributed by atoms with E-state index < -0.39 is 21.4 Å². The van der Waals surface area contributed by atoms with Gasteiger partial charge in [0.05, 0.1) is 9.92 Å². The Labute approximate surface area is 186 Å². The average molecular weight is 469 g/mol. The van der Waals surface area contributed by atoms with Crippen molar-refractivity contribution in [1.82, 2.24) is 10.0 Å². The molecule has 31 heavy (non-hydrogen) atoms. The minimum absolute atomic E-state index is 0.0521. The fourth-order valence-electron chi connectivity index (χ4n) is 3.62. The van der Waals surface area contributed by atoms with Gasteiger partial charge in [-0.2, -0.15) is 0 Å². The molecule has 1 N–H and O–H groups in total. The van der Waals surface area contributed by atoms with E-state index in [2.05, 4.69) is 0 Å². The standard InChI is InChI=1S/C21H25ClN2O6S/c1-12-10-18(24(3)23(12)2)30-11-14-17(31(4,28)29)9-8-13(20(14)22)21(27)19-15(25)6-5-7-16(19)26/h8-10,12,25H,5-7,11H2,1-4H3. The van der Waals surface area contributed by atoms with E-state index in [1.807, 2.05) is 25.1 Å². The van der Waals surface area contributed by atoms with Crippen molar-refractivity contribution in [2.75, 3.05) is 20.4 Å². The molecule has 1 aliphatic heterocycles. The maximum atomic E-state index is 13.0. The van der Waals surface area contributed by atoms with E-state index in [9.17, 15) is 23.1 Å². The summed E-state index contributed by atoms with van der Waals surface area (Å²) in [4.78, 5) is 25.2. The zero-order chi connectivity index (χ0) is 23.1. The van der Waals surface area contributed by atoms with Gasteiger partial charge in [0.2, 0.25) is 11.7 Å². The monoisotopic (exact) mass is 468 g/mol. The molecule has 1 aliphatic carbocycles. The summed E-state index contributed by atoms with van der Waals surface area (Å²) in [5, 5.41) is 13.7. The number of hydrogen-bond donors (Lipinski definition) is 1. The predicted molar refractivity (Wildman–Crippen MR) is 115 cm³/mol. The number of hydrogen-bond acceptors (Lipinski definition) is 8. The largest absolute Gasteiger partial charge is 0.511 e. The Morgan fingerprint density at radius 1 is 1.29 bits per heavy atom. The van der Waals surface area contributed by atoms with Gasteiger partial charge in [-0.15, -0.1) is 0 Å². The Morgan fingerprint density at radius 3 is 2.52 bits per heavy atom. The number of nitrogens with zero attached hydrogens (tertiary/aromatic N) is 2. The van der Waals surface area contributed by atoms with Crippen molar-refractivity contribution in [2.24, 2.45) is 0 Å². The molecule has 0 spiro atoms. The lowest BCUT2D eigenvalue weighted by Gasteiger charge is -2.27. The molecule has 0 amide bonds. The Bertz CT molecular complexity index is 1110. The van der Waals surface area contributed by atoms with Crippen molar-refractivity contribution in [1.29, 1.82) is 0 Å². The van der Waals surface area contributed by atoms with E-state index in [1.54, 1.807) is 12.1 Å².